The smallest absolute Gasteiger partial charge is 0.322 e. The molecule has 0 aliphatic carbocycles. The summed E-state index contributed by atoms with van der Waals surface area (Å²) in [6.07, 6.45) is 0. The summed E-state index contributed by atoms with van der Waals surface area (Å²) in [5.41, 5.74) is 2.87. The molecule has 2 unspecified atom stereocenters. The molecule has 1 aliphatic heterocycles. The molecule has 2 atom stereocenters. The zero-order chi connectivity index (χ0) is 14.4. The number of benzene rings is 1. The lowest BCUT2D eigenvalue weighted by Crippen LogP contribution is -2.43. The third-order valence-corrected chi connectivity index (χ3v) is 5.08. The summed E-state index contributed by atoms with van der Waals surface area (Å²) in [7, 11) is 0. The van der Waals surface area contributed by atoms with Gasteiger partial charge in [0.1, 0.15) is 11.8 Å². The zero-order valence-electron chi connectivity index (χ0n) is 11.5. The molecule has 0 radical (unpaired) electrons. The number of hydrogen-bond donors (Lipinski definition) is 3. The predicted octanol–water partition coefficient (Wildman–Crippen LogP) is 2.58. The Hall–Kier alpha value is -1.20. The van der Waals surface area contributed by atoms with Crippen molar-refractivity contribution < 1.29 is 15.0 Å². The second kappa shape index (κ2) is 4.72. The monoisotopic (exact) mass is 281 g/mol. The highest BCUT2D eigenvalue weighted by molar-refractivity contribution is 8.01. The quantitative estimate of drug-likeness (QED) is 0.777. The first-order valence-corrected chi connectivity index (χ1v) is 7.07. The van der Waals surface area contributed by atoms with Gasteiger partial charge in [0.05, 0.1) is 5.37 Å². The maximum absolute atomic E-state index is 11.3. The molecule has 0 bridgehead atoms. The van der Waals surface area contributed by atoms with E-state index in [-0.39, 0.29) is 11.1 Å². The van der Waals surface area contributed by atoms with Crippen LogP contribution >= 0.6 is 11.8 Å². The number of phenols is 1. The van der Waals surface area contributed by atoms with Gasteiger partial charge < -0.3 is 10.2 Å². The molecule has 1 aromatic carbocycles. The molecule has 1 aliphatic rings. The van der Waals surface area contributed by atoms with Crippen LogP contribution in [0.5, 0.6) is 5.75 Å². The van der Waals surface area contributed by atoms with Gasteiger partial charge in [-0.2, -0.15) is 0 Å². The number of aromatic hydroxyl groups is 1. The minimum atomic E-state index is -0.858. The normalized spacial score (nSPS) is 25.5. The number of aliphatic carboxylic acids is 1. The van der Waals surface area contributed by atoms with Crippen LogP contribution < -0.4 is 5.32 Å². The number of nitrogens with one attached hydrogen (secondary N) is 1. The maximum atomic E-state index is 11.3. The number of aryl methyl sites for hydroxylation is 2. The second-order valence-electron chi connectivity index (χ2n) is 5.53. The molecule has 1 heterocycles. The van der Waals surface area contributed by atoms with Crippen LogP contribution in [-0.2, 0) is 4.79 Å². The van der Waals surface area contributed by atoms with E-state index >= 15 is 0 Å². The van der Waals surface area contributed by atoms with Crippen LogP contribution in [-0.4, -0.2) is 27.0 Å². The van der Waals surface area contributed by atoms with Crippen molar-refractivity contribution in [2.45, 2.75) is 43.9 Å². The van der Waals surface area contributed by atoms with E-state index in [0.717, 1.165) is 16.7 Å². The van der Waals surface area contributed by atoms with Crippen molar-refractivity contribution in [1.82, 2.24) is 5.32 Å². The molecule has 4 nitrogen and oxygen atoms in total. The van der Waals surface area contributed by atoms with Gasteiger partial charge in [0, 0.05) is 10.3 Å². The van der Waals surface area contributed by atoms with Gasteiger partial charge in [0.2, 0.25) is 0 Å². The van der Waals surface area contributed by atoms with Gasteiger partial charge in [0.25, 0.3) is 0 Å². The van der Waals surface area contributed by atoms with E-state index in [1.54, 1.807) is 6.07 Å². The number of carbonyl (C=O) groups is 1. The standard InChI is InChI=1S/C14H19NO3S/c1-7-5-9(10(16)6-8(7)2)12-15-11(13(17)18)14(3,4)19-12/h5-6,11-12,15-16H,1-4H3,(H,17,18). The number of rotatable bonds is 2. The van der Waals surface area contributed by atoms with Gasteiger partial charge in [-0.15, -0.1) is 11.8 Å². The number of hydrogen-bond acceptors (Lipinski definition) is 4. The molecule has 0 aromatic heterocycles. The molecule has 1 saturated heterocycles. The van der Waals surface area contributed by atoms with Crippen LogP contribution in [0.25, 0.3) is 0 Å². The Balaban J connectivity index is 2.35. The summed E-state index contributed by atoms with van der Waals surface area (Å²) in [5.74, 6) is -0.640. The van der Waals surface area contributed by atoms with Crippen LogP contribution in [0, 0.1) is 13.8 Å². The lowest BCUT2D eigenvalue weighted by Gasteiger charge is -2.20. The SMILES string of the molecule is Cc1cc(O)c(C2NC(C(=O)O)C(C)(C)S2)cc1C. The van der Waals surface area contributed by atoms with Crippen molar-refractivity contribution in [1.29, 1.82) is 0 Å². The summed E-state index contributed by atoms with van der Waals surface area (Å²) < 4.78 is -0.415. The molecular weight excluding hydrogens is 262 g/mol. The molecule has 2 rings (SSSR count). The van der Waals surface area contributed by atoms with E-state index in [2.05, 4.69) is 5.32 Å². The maximum Gasteiger partial charge on any atom is 0.322 e. The fourth-order valence-electron chi connectivity index (χ4n) is 2.31. The van der Waals surface area contributed by atoms with Crippen molar-refractivity contribution in [3.05, 3.63) is 28.8 Å². The Bertz CT molecular complexity index is 528. The van der Waals surface area contributed by atoms with Crippen molar-refractivity contribution in [3.8, 4) is 5.75 Å². The summed E-state index contributed by atoms with van der Waals surface area (Å²) >= 11 is 1.53. The minimum Gasteiger partial charge on any atom is -0.508 e. The average molecular weight is 281 g/mol. The zero-order valence-corrected chi connectivity index (χ0v) is 12.3. The lowest BCUT2D eigenvalue weighted by atomic mass is 10.0. The molecule has 0 spiro atoms. The number of phenolic OH excluding ortho intramolecular Hbond substituents is 1. The van der Waals surface area contributed by atoms with Gasteiger partial charge in [0.15, 0.2) is 0 Å². The van der Waals surface area contributed by atoms with Crippen LogP contribution in [0.3, 0.4) is 0 Å². The molecule has 5 heteroatoms. The van der Waals surface area contributed by atoms with Crippen LogP contribution in [0.4, 0.5) is 0 Å². The Morgan fingerprint density at radius 1 is 1.32 bits per heavy atom. The third-order valence-electron chi connectivity index (χ3n) is 3.61. The van der Waals surface area contributed by atoms with Crippen molar-refractivity contribution in [2.24, 2.45) is 0 Å². The Labute approximate surface area is 117 Å². The van der Waals surface area contributed by atoms with Crippen LogP contribution in [0.1, 0.15) is 35.9 Å². The van der Waals surface area contributed by atoms with Gasteiger partial charge >= 0.3 is 5.97 Å². The third kappa shape index (κ3) is 2.58. The topological polar surface area (TPSA) is 69.6 Å². The predicted molar refractivity (Wildman–Crippen MR) is 76.6 cm³/mol. The Morgan fingerprint density at radius 3 is 2.42 bits per heavy atom. The number of thioether (sulfide) groups is 1. The largest absolute Gasteiger partial charge is 0.508 e. The van der Waals surface area contributed by atoms with Crippen molar-refractivity contribution in [3.63, 3.8) is 0 Å². The number of carboxylic acids is 1. The van der Waals surface area contributed by atoms with Crippen LogP contribution in [0.15, 0.2) is 12.1 Å². The molecule has 19 heavy (non-hydrogen) atoms. The van der Waals surface area contributed by atoms with Crippen molar-refractivity contribution >= 4 is 17.7 Å². The van der Waals surface area contributed by atoms with E-state index in [1.165, 1.54) is 11.8 Å². The minimum absolute atomic E-state index is 0.199. The average Bonchev–Trinajstić information content (AvgIpc) is 2.59. The van der Waals surface area contributed by atoms with E-state index in [9.17, 15) is 15.0 Å². The first kappa shape index (κ1) is 14.2. The highest BCUT2D eigenvalue weighted by Crippen LogP contribution is 2.48. The van der Waals surface area contributed by atoms with Gasteiger partial charge in [-0.1, -0.05) is 0 Å². The van der Waals surface area contributed by atoms with E-state index in [4.69, 9.17) is 0 Å². The first-order chi connectivity index (χ1) is 8.72. The van der Waals surface area contributed by atoms with Crippen molar-refractivity contribution in [2.75, 3.05) is 0 Å². The molecule has 3 N–H and O–H groups in total. The van der Waals surface area contributed by atoms with E-state index < -0.39 is 16.8 Å². The van der Waals surface area contributed by atoms with E-state index in [0.29, 0.717) is 0 Å². The summed E-state index contributed by atoms with van der Waals surface area (Å²) in [5, 5.41) is 22.2. The number of carboxylic acid groups (broad SMARTS) is 1. The first-order valence-electron chi connectivity index (χ1n) is 6.19. The Morgan fingerprint density at radius 2 is 1.89 bits per heavy atom. The van der Waals surface area contributed by atoms with Crippen LogP contribution in [0.2, 0.25) is 0 Å². The van der Waals surface area contributed by atoms with Gasteiger partial charge in [-0.3, -0.25) is 10.1 Å². The summed E-state index contributed by atoms with van der Waals surface area (Å²) in [6.45, 7) is 7.73. The highest BCUT2D eigenvalue weighted by Gasteiger charge is 2.46. The molecule has 0 amide bonds. The van der Waals surface area contributed by atoms with Gasteiger partial charge in [-0.05, 0) is 51.0 Å². The molecule has 104 valence electrons. The summed E-state index contributed by atoms with van der Waals surface area (Å²) in [4.78, 5) is 11.3. The molecule has 1 fully saturated rings. The Kier molecular flexibility index (Phi) is 3.53. The van der Waals surface area contributed by atoms with E-state index in [1.807, 2.05) is 33.8 Å². The molecule has 1 aromatic rings. The fraction of sp³-hybridized carbons (Fsp3) is 0.500. The summed E-state index contributed by atoms with van der Waals surface area (Å²) in [6, 6.07) is 3.03. The second-order valence-corrected chi connectivity index (χ2v) is 7.29. The molecule has 0 saturated carbocycles. The van der Waals surface area contributed by atoms with Gasteiger partial charge in [-0.25, -0.2) is 0 Å². The highest BCUT2D eigenvalue weighted by atomic mass is 32.2. The fourth-order valence-corrected chi connectivity index (χ4v) is 3.75. The lowest BCUT2D eigenvalue weighted by molar-refractivity contribution is -0.139. The molecular formula is C14H19NO3S.